The molecule has 0 aliphatic carbocycles. The molecule has 0 spiro atoms. The van der Waals surface area contributed by atoms with Crippen molar-refractivity contribution in [2.45, 2.75) is 31.2 Å². The van der Waals surface area contributed by atoms with Gasteiger partial charge in [-0.2, -0.15) is 13.2 Å². The molecule has 2 heterocycles. The summed E-state index contributed by atoms with van der Waals surface area (Å²) in [6, 6.07) is 7.72. The molecule has 0 saturated carbocycles. The van der Waals surface area contributed by atoms with Gasteiger partial charge in [-0.25, -0.2) is 0 Å². The third kappa shape index (κ3) is 5.83. The molecule has 0 radical (unpaired) electrons. The number of nitrogens with zero attached hydrogens (tertiary/aromatic N) is 1. The first-order valence-corrected chi connectivity index (χ1v) is 9.42. The fourth-order valence-electron chi connectivity index (χ4n) is 3.79. The van der Waals surface area contributed by atoms with Crippen LogP contribution in [0.3, 0.4) is 0 Å². The number of carbonyl (C=O) groups is 1. The average molecular weight is 422 g/mol. The van der Waals surface area contributed by atoms with Gasteiger partial charge in [-0.05, 0) is 18.4 Å². The zero-order valence-corrected chi connectivity index (χ0v) is 16.4. The van der Waals surface area contributed by atoms with E-state index in [0.717, 1.165) is 12.0 Å². The topological polar surface area (TPSA) is 53.6 Å². The Bertz CT molecular complexity index is 612. The summed E-state index contributed by atoms with van der Waals surface area (Å²) in [6.07, 6.45) is -3.46. The molecule has 2 aliphatic rings. The molecule has 0 aromatic heterocycles. The molecule has 2 saturated heterocycles. The van der Waals surface area contributed by atoms with Gasteiger partial charge in [0.1, 0.15) is 6.04 Å². The van der Waals surface area contributed by atoms with Crippen molar-refractivity contribution in [3.8, 4) is 0 Å². The average Bonchev–Trinajstić information content (AvgIpc) is 2.68. The third-order valence-electron chi connectivity index (χ3n) is 5.23. The van der Waals surface area contributed by atoms with Crippen molar-refractivity contribution in [3.05, 3.63) is 35.9 Å². The lowest BCUT2D eigenvalue weighted by Crippen LogP contribution is -2.58. The van der Waals surface area contributed by atoms with Crippen LogP contribution in [0.2, 0.25) is 0 Å². The van der Waals surface area contributed by atoms with Crippen molar-refractivity contribution in [1.82, 2.24) is 15.5 Å². The highest BCUT2D eigenvalue weighted by Crippen LogP contribution is 2.34. The molecule has 1 aromatic carbocycles. The van der Waals surface area contributed by atoms with Crippen LogP contribution in [0.1, 0.15) is 24.5 Å². The lowest BCUT2D eigenvalue weighted by molar-refractivity contribution is -0.184. The molecule has 1 amide bonds. The zero-order chi connectivity index (χ0) is 19.3. The highest BCUT2D eigenvalue weighted by atomic mass is 35.5. The Morgan fingerprint density at radius 3 is 2.57 bits per heavy atom. The summed E-state index contributed by atoms with van der Waals surface area (Å²) in [5.41, 5.74) is 0.881. The largest absolute Gasteiger partial charge is 0.405 e. The Kier molecular flexibility index (Phi) is 8.55. The number of hydrogen-bond acceptors (Lipinski definition) is 4. The molecule has 3 rings (SSSR count). The van der Waals surface area contributed by atoms with Crippen molar-refractivity contribution in [1.29, 1.82) is 0 Å². The Labute approximate surface area is 169 Å². The number of nitrogens with one attached hydrogen (secondary N) is 2. The van der Waals surface area contributed by atoms with Crippen molar-refractivity contribution in [3.63, 3.8) is 0 Å². The van der Waals surface area contributed by atoms with E-state index in [4.69, 9.17) is 4.74 Å². The number of benzene rings is 1. The number of amides is 1. The van der Waals surface area contributed by atoms with Crippen LogP contribution in [-0.2, 0) is 9.53 Å². The number of carbonyl (C=O) groups excluding carboxylic acids is 1. The predicted octanol–water partition coefficient (Wildman–Crippen LogP) is 2.53. The van der Waals surface area contributed by atoms with Gasteiger partial charge in [0.2, 0.25) is 5.91 Å². The Hall–Kier alpha value is -1.35. The van der Waals surface area contributed by atoms with E-state index in [0.29, 0.717) is 39.2 Å². The fraction of sp³-hybridized carbons (Fsp3) is 0.632. The normalized spacial score (nSPS) is 24.8. The van der Waals surface area contributed by atoms with Crippen LogP contribution in [0, 0.1) is 5.92 Å². The van der Waals surface area contributed by atoms with Crippen LogP contribution in [0.4, 0.5) is 13.2 Å². The highest BCUT2D eigenvalue weighted by Gasteiger charge is 2.44. The van der Waals surface area contributed by atoms with E-state index in [-0.39, 0.29) is 18.3 Å². The Morgan fingerprint density at radius 2 is 1.93 bits per heavy atom. The monoisotopic (exact) mass is 421 g/mol. The SMILES string of the molecule is Cl.O=C(NCC(N1CCNCC1)C(F)(F)F)C1CCCOC1c1ccccc1. The summed E-state index contributed by atoms with van der Waals surface area (Å²) >= 11 is 0. The molecule has 9 heteroatoms. The van der Waals surface area contributed by atoms with Crippen LogP contribution in [-0.4, -0.2) is 62.4 Å². The maximum atomic E-state index is 13.5. The van der Waals surface area contributed by atoms with Gasteiger partial charge in [-0.3, -0.25) is 9.69 Å². The van der Waals surface area contributed by atoms with Crippen LogP contribution in [0.5, 0.6) is 0 Å². The summed E-state index contributed by atoms with van der Waals surface area (Å²) in [4.78, 5) is 14.1. The van der Waals surface area contributed by atoms with Gasteiger partial charge in [-0.15, -0.1) is 12.4 Å². The summed E-state index contributed by atoms with van der Waals surface area (Å²) in [7, 11) is 0. The first-order chi connectivity index (χ1) is 13.0. The molecule has 2 N–H and O–H groups in total. The predicted molar refractivity (Wildman–Crippen MR) is 102 cm³/mol. The fourth-order valence-corrected chi connectivity index (χ4v) is 3.79. The smallest absolute Gasteiger partial charge is 0.373 e. The minimum atomic E-state index is -4.38. The molecular formula is C19H27ClF3N3O2. The van der Waals surface area contributed by atoms with Gasteiger partial charge in [0.25, 0.3) is 0 Å². The molecule has 0 bridgehead atoms. The molecule has 2 fully saturated rings. The van der Waals surface area contributed by atoms with Crippen LogP contribution < -0.4 is 10.6 Å². The number of piperazine rings is 1. The molecule has 28 heavy (non-hydrogen) atoms. The van der Waals surface area contributed by atoms with Gasteiger partial charge < -0.3 is 15.4 Å². The van der Waals surface area contributed by atoms with Crippen molar-refractivity contribution >= 4 is 18.3 Å². The Balaban J connectivity index is 0.00000280. The van der Waals surface area contributed by atoms with Crippen LogP contribution in [0.15, 0.2) is 30.3 Å². The van der Waals surface area contributed by atoms with Gasteiger partial charge in [0, 0.05) is 39.3 Å². The maximum absolute atomic E-state index is 13.5. The number of hydrogen-bond donors (Lipinski definition) is 2. The van der Waals surface area contributed by atoms with Crippen molar-refractivity contribution < 1.29 is 22.7 Å². The number of ether oxygens (including phenoxy) is 1. The van der Waals surface area contributed by atoms with E-state index in [2.05, 4.69) is 10.6 Å². The molecular weight excluding hydrogens is 395 g/mol. The van der Waals surface area contributed by atoms with E-state index in [9.17, 15) is 18.0 Å². The summed E-state index contributed by atoms with van der Waals surface area (Å²) in [5, 5.41) is 5.60. The number of halogens is 4. The van der Waals surface area contributed by atoms with E-state index < -0.39 is 30.8 Å². The van der Waals surface area contributed by atoms with Crippen LogP contribution in [0.25, 0.3) is 0 Å². The summed E-state index contributed by atoms with van der Waals surface area (Å²) in [5.74, 6) is -0.842. The minimum Gasteiger partial charge on any atom is -0.373 e. The molecule has 1 aromatic rings. The first kappa shape index (κ1) is 22.9. The number of rotatable bonds is 5. The third-order valence-corrected chi connectivity index (χ3v) is 5.23. The maximum Gasteiger partial charge on any atom is 0.405 e. The molecule has 5 nitrogen and oxygen atoms in total. The second-order valence-electron chi connectivity index (χ2n) is 7.04. The van der Waals surface area contributed by atoms with Crippen LogP contribution >= 0.6 is 12.4 Å². The van der Waals surface area contributed by atoms with Gasteiger partial charge in [0.15, 0.2) is 0 Å². The van der Waals surface area contributed by atoms with E-state index in [1.165, 1.54) is 4.90 Å². The molecule has 3 unspecified atom stereocenters. The molecule has 3 atom stereocenters. The van der Waals surface area contributed by atoms with Gasteiger partial charge in [-0.1, -0.05) is 30.3 Å². The lowest BCUT2D eigenvalue weighted by atomic mass is 9.88. The second-order valence-corrected chi connectivity index (χ2v) is 7.04. The number of alkyl halides is 3. The van der Waals surface area contributed by atoms with Crippen molar-refractivity contribution in [2.24, 2.45) is 5.92 Å². The quantitative estimate of drug-likeness (QED) is 0.767. The molecule has 2 aliphatic heterocycles. The van der Waals surface area contributed by atoms with Gasteiger partial charge >= 0.3 is 6.18 Å². The summed E-state index contributed by atoms with van der Waals surface area (Å²) < 4.78 is 46.3. The Morgan fingerprint density at radius 1 is 1.25 bits per heavy atom. The van der Waals surface area contributed by atoms with E-state index in [1.54, 1.807) is 0 Å². The zero-order valence-electron chi connectivity index (χ0n) is 15.6. The summed E-state index contributed by atoms with van der Waals surface area (Å²) in [6.45, 7) is 1.80. The van der Waals surface area contributed by atoms with Gasteiger partial charge in [0.05, 0.1) is 12.0 Å². The highest BCUT2D eigenvalue weighted by molar-refractivity contribution is 5.85. The lowest BCUT2D eigenvalue weighted by Gasteiger charge is -2.37. The first-order valence-electron chi connectivity index (χ1n) is 9.42. The second kappa shape index (κ2) is 10.4. The van der Waals surface area contributed by atoms with Crippen molar-refractivity contribution in [2.75, 3.05) is 39.3 Å². The standard InChI is InChI=1S/C19H26F3N3O2.ClH/c20-19(21,22)16(25-10-8-23-9-11-25)13-24-18(26)15-7-4-12-27-17(15)14-5-2-1-3-6-14;/h1-3,5-6,15-17,23H,4,7-13H2,(H,24,26);1H. The van der Waals surface area contributed by atoms with E-state index in [1.807, 2.05) is 30.3 Å². The van der Waals surface area contributed by atoms with E-state index >= 15 is 0 Å². The minimum absolute atomic E-state index is 0. The molecule has 158 valence electrons.